The number of alkyl halides is 6. The zero-order chi connectivity index (χ0) is 25.1. The number of aromatic nitrogens is 2. The van der Waals surface area contributed by atoms with Gasteiger partial charge in [-0.25, -0.2) is 0 Å². The molecule has 3 rings (SSSR count). The van der Waals surface area contributed by atoms with E-state index in [1.165, 1.54) is 31.3 Å². The van der Waals surface area contributed by atoms with Crippen LogP contribution < -0.4 is 4.74 Å². The fourth-order valence-electron chi connectivity index (χ4n) is 3.40. The molecule has 1 aromatic heterocycles. The van der Waals surface area contributed by atoms with Crippen molar-refractivity contribution in [3.8, 4) is 28.1 Å². The summed E-state index contributed by atoms with van der Waals surface area (Å²) in [5, 5.41) is 11.9. The van der Waals surface area contributed by atoms with Crippen LogP contribution >= 0.6 is 11.6 Å². The predicted octanol–water partition coefficient (Wildman–Crippen LogP) is 6.99. The Kier molecular flexibility index (Phi) is 7.82. The van der Waals surface area contributed by atoms with Crippen LogP contribution in [0.2, 0.25) is 5.02 Å². The molecule has 34 heavy (non-hydrogen) atoms. The molecule has 0 unspecified atom stereocenters. The van der Waals surface area contributed by atoms with Crippen molar-refractivity contribution in [2.75, 3.05) is 13.2 Å². The SMILES string of the molecule is Cn1nc(C(F)(F)F)cc1-c1ccc(OCCCCCO)c(-c2ccc(Cl)c(C(F)(F)F)c2)c1. The van der Waals surface area contributed by atoms with Gasteiger partial charge in [-0.15, -0.1) is 0 Å². The van der Waals surface area contributed by atoms with Crippen molar-refractivity contribution >= 4 is 11.6 Å². The van der Waals surface area contributed by atoms with Gasteiger partial charge in [-0.2, -0.15) is 31.4 Å². The van der Waals surface area contributed by atoms with Crippen LogP contribution in [0.4, 0.5) is 26.3 Å². The standard InChI is InChI=1S/C23H21ClF6N2O2/c1-32-19(13-21(31-32)23(28,29)30)15-6-8-20(34-10-4-2-3-9-33)16(11-15)14-5-7-18(24)17(12-14)22(25,26)27/h5-8,11-13,33H,2-4,9-10H2,1H3. The van der Waals surface area contributed by atoms with Gasteiger partial charge in [0.25, 0.3) is 0 Å². The molecular formula is C23H21ClF6N2O2. The maximum Gasteiger partial charge on any atom is 0.435 e. The summed E-state index contributed by atoms with van der Waals surface area (Å²) in [6, 6.07) is 8.73. The first-order chi connectivity index (χ1) is 15.9. The zero-order valence-electron chi connectivity index (χ0n) is 18.0. The summed E-state index contributed by atoms with van der Waals surface area (Å²) >= 11 is 5.74. The van der Waals surface area contributed by atoms with Crippen molar-refractivity contribution in [1.82, 2.24) is 9.78 Å². The van der Waals surface area contributed by atoms with Crippen molar-refractivity contribution in [2.45, 2.75) is 31.6 Å². The number of aliphatic hydroxyl groups excluding tert-OH is 1. The van der Waals surface area contributed by atoms with Gasteiger partial charge in [0.15, 0.2) is 5.69 Å². The van der Waals surface area contributed by atoms with Crippen molar-refractivity contribution < 1.29 is 36.2 Å². The van der Waals surface area contributed by atoms with Gasteiger partial charge < -0.3 is 9.84 Å². The topological polar surface area (TPSA) is 47.3 Å². The van der Waals surface area contributed by atoms with E-state index < -0.39 is 28.6 Å². The predicted molar refractivity (Wildman–Crippen MR) is 116 cm³/mol. The van der Waals surface area contributed by atoms with Crippen LogP contribution in [-0.2, 0) is 19.4 Å². The minimum Gasteiger partial charge on any atom is -0.493 e. The molecule has 0 amide bonds. The average molecular weight is 507 g/mol. The highest BCUT2D eigenvalue weighted by molar-refractivity contribution is 6.31. The van der Waals surface area contributed by atoms with E-state index in [1.807, 2.05) is 0 Å². The van der Waals surface area contributed by atoms with E-state index in [2.05, 4.69) is 5.10 Å². The summed E-state index contributed by atoms with van der Waals surface area (Å²) in [7, 11) is 1.35. The maximum absolute atomic E-state index is 13.4. The van der Waals surface area contributed by atoms with Crippen LogP contribution in [0.5, 0.6) is 5.75 Å². The molecule has 11 heteroatoms. The number of rotatable bonds is 8. The third kappa shape index (κ3) is 6.04. The lowest BCUT2D eigenvalue weighted by Crippen LogP contribution is -2.06. The summed E-state index contributed by atoms with van der Waals surface area (Å²) in [6.07, 6.45) is -7.46. The lowest BCUT2D eigenvalue weighted by Gasteiger charge is -2.16. The molecule has 0 aliphatic carbocycles. The fourth-order valence-corrected chi connectivity index (χ4v) is 3.62. The maximum atomic E-state index is 13.4. The normalized spacial score (nSPS) is 12.3. The molecule has 0 saturated carbocycles. The molecule has 1 N–H and O–H groups in total. The molecule has 0 aliphatic heterocycles. The first-order valence-corrected chi connectivity index (χ1v) is 10.7. The van der Waals surface area contributed by atoms with Gasteiger partial charge in [-0.3, -0.25) is 4.68 Å². The monoisotopic (exact) mass is 506 g/mol. The van der Waals surface area contributed by atoms with Crippen LogP contribution in [0.15, 0.2) is 42.5 Å². The largest absolute Gasteiger partial charge is 0.493 e. The number of aryl methyl sites for hydroxylation is 1. The van der Waals surface area contributed by atoms with Gasteiger partial charge in [0.1, 0.15) is 5.75 Å². The molecule has 0 radical (unpaired) electrons. The zero-order valence-corrected chi connectivity index (χ0v) is 18.7. The lowest BCUT2D eigenvalue weighted by molar-refractivity contribution is -0.141. The highest BCUT2D eigenvalue weighted by Crippen LogP contribution is 2.41. The quantitative estimate of drug-likeness (QED) is 0.265. The van der Waals surface area contributed by atoms with E-state index in [0.717, 1.165) is 22.9 Å². The second kappa shape index (κ2) is 10.3. The molecule has 1 heterocycles. The van der Waals surface area contributed by atoms with Gasteiger partial charge in [-0.05, 0) is 61.2 Å². The van der Waals surface area contributed by atoms with Crippen molar-refractivity contribution in [2.24, 2.45) is 7.05 Å². The van der Waals surface area contributed by atoms with Crippen LogP contribution in [-0.4, -0.2) is 28.1 Å². The number of benzene rings is 2. The molecule has 0 fully saturated rings. The minimum atomic E-state index is -4.69. The lowest BCUT2D eigenvalue weighted by atomic mass is 9.98. The summed E-state index contributed by atoms with van der Waals surface area (Å²) in [4.78, 5) is 0. The van der Waals surface area contributed by atoms with Crippen molar-refractivity contribution in [3.63, 3.8) is 0 Å². The van der Waals surface area contributed by atoms with Crippen LogP contribution in [0.1, 0.15) is 30.5 Å². The van der Waals surface area contributed by atoms with Gasteiger partial charge in [-0.1, -0.05) is 17.7 Å². The Bertz CT molecular complexity index is 1140. The van der Waals surface area contributed by atoms with E-state index >= 15 is 0 Å². The van der Waals surface area contributed by atoms with Gasteiger partial charge in [0.05, 0.1) is 22.9 Å². The summed E-state index contributed by atoms with van der Waals surface area (Å²) in [6.45, 7) is 0.283. The molecular weight excluding hydrogens is 486 g/mol. The first kappa shape index (κ1) is 25.9. The molecule has 4 nitrogen and oxygen atoms in total. The number of hydrogen-bond donors (Lipinski definition) is 1. The Morgan fingerprint density at radius 1 is 0.912 bits per heavy atom. The Morgan fingerprint density at radius 2 is 1.62 bits per heavy atom. The number of nitrogens with zero attached hydrogens (tertiary/aromatic N) is 2. The van der Waals surface area contributed by atoms with E-state index in [9.17, 15) is 26.3 Å². The van der Waals surface area contributed by atoms with Crippen LogP contribution in [0, 0.1) is 0 Å². The smallest absolute Gasteiger partial charge is 0.435 e. The van der Waals surface area contributed by atoms with Gasteiger partial charge in [0.2, 0.25) is 0 Å². The Hall–Kier alpha value is -2.72. The van der Waals surface area contributed by atoms with E-state index in [0.29, 0.717) is 24.8 Å². The van der Waals surface area contributed by atoms with E-state index in [1.54, 1.807) is 0 Å². The summed E-state index contributed by atoms with van der Waals surface area (Å²) < 4.78 is 86.4. The molecule has 2 aromatic carbocycles. The van der Waals surface area contributed by atoms with Crippen molar-refractivity contribution in [3.05, 3.63) is 58.7 Å². The number of ether oxygens (including phenoxy) is 1. The number of aliphatic hydroxyl groups is 1. The second-order valence-electron chi connectivity index (χ2n) is 7.57. The Balaban J connectivity index is 2.07. The molecule has 0 bridgehead atoms. The molecule has 0 atom stereocenters. The molecule has 0 aliphatic rings. The van der Waals surface area contributed by atoms with Gasteiger partial charge in [0, 0.05) is 24.8 Å². The summed E-state index contributed by atoms with van der Waals surface area (Å²) in [5.41, 5.74) is -1.27. The summed E-state index contributed by atoms with van der Waals surface area (Å²) in [5.74, 6) is 0.265. The third-order valence-electron chi connectivity index (χ3n) is 5.09. The van der Waals surface area contributed by atoms with E-state index in [4.69, 9.17) is 21.4 Å². The molecule has 184 valence electrons. The molecule has 0 spiro atoms. The minimum absolute atomic E-state index is 0.0373. The Morgan fingerprint density at radius 3 is 2.24 bits per heavy atom. The first-order valence-electron chi connectivity index (χ1n) is 10.3. The third-order valence-corrected chi connectivity index (χ3v) is 5.42. The number of unbranched alkanes of at least 4 members (excludes halogenated alkanes) is 2. The van der Waals surface area contributed by atoms with Gasteiger partial charge >= 0.3 is 12.4 Å². The fraction of sp³-hybridized carbons (Fsp3) is 0.348. The van der Waals surface area contributed by atoms with Crippen LogP contribution in [0.3, 0.4) is 0 Å². The second-order valence-corrected chi connectivity index (χ2v) is 7.98. The Labute approximate surface area is 196 Å². The van der Waals surface area contributed by atoms with E-state index in [-0.39, 0.29) is 35.8 Å². The number of hydrogen-bond acceptors (Lipinski definition) is 3. The highest BCUT2D eigenvalue weighted by Gasteiger charge is 2.35. The van der Waals surface area contributed by atoms with Crippen molar-refractivity contribution in [1.29, 1.82) is 0 Å². The highest BCUT2D eigenvalue weighted by atomic mass is 35.5. The number of halogens is 7. The van der Waals surface area contributed by atoms with Crippen LogP contribution in [0.25, 0.3) is 22.4 Å². The average Bonchev–Trinajstić information content (AvgIpc) is 3.15. The molecule has 3 aromatic rings. The molecule has 0 saturated heterocycles.